The summed E-state index contributed by atoms with van der Waals surface area (Å²) in [6, 6.07) is 3.79. The molecule has 23 heavy (non-hydrogen) atoms. The first-order valence-corrected chi connectivity index (χ1v) is 8.15. The normalized spacial score (nSPS) is 10.6. The van der Waals surface area contributed by atoms with Crippen LogP contribution >= 0.6 is 11.6 Å². The van der Waals surface area contributed by atoms with Gasteiger partial charge in [-0.3, -0.25) is 0 Å². The zero-order chi connectivity index (χ0) is 16.7. The number of aryl methyl sites for hydroxylation is 1. The fourth-order valence-corrected chi connectivity index (χ4v) is 2.34. The summed E-state index contributed by atoms with van der Waals surface area (Å²) in [4.78, 5) is 0. The maximum atomic E-state index is 6.35. The highest BCUT2D eigenvalue weighted by molar-refractivity contribution is 6.32. The van der Waals surface area contributed by atoms with Crippen molar-refractivity contribution < 1.29 is 9.47 Å². The predicted molar refractivity (Wildman–Crippen MR) is 89.2 cm³/mol. The van der Waals surface area contributed by atoms with Gasteiger partial charge in [-0.1, -0.05) is 23.6 Å². The number of rotatable bonds is 9. The van der Waals surface area contributed by atoms with E-state index >= 15 is 0 Å². The summed E-state index contributed by atoms with van der Waals surface area (Å²) < 4.78 is 13.0. The quantitative estimate of drug-likeness (QED) is 0.756. The van der Waals surface area contributed by atoms with Crippen LogP contribution in [-0.4, -0.2) is 33.4 Å². The lowest BCUT2D eigenvalue weighted by Gasteiger charge is -2.15. The molecule has 0 bridgehead atoms. The zero-order valence-corrected chi connectivity index (χ0v) is 14.4. The van der Waals surface area contributed by atoms with E-state index in [1.54, 1.807) is 4.68 Å². The summed E-state index contributed by atoms with van der Waals surface area (Å²) in [5.74, 6) is 1.87. The van der Waals surface area contributed by atoms with E-state index in [1.165, 1.54) is 0 Å². The highest BCUT2D eigenvalue weighted by atomic mass is 35.5. The van der Waals surface area contributed by atoms with E-state index < -0.39 is 0 Å². The molecule has 2 rings (SSSR count). The Labute approximate surface area is 140 Å². The third-order valence-electron chi connectivity index (χ3n) is 3.10. The zero-order valence-electron chi connectivity index (χ0n) is 13.7. The van der Waals surface area contributed by atoms with Crippen LogP contribution in [0.5, 0.6) is 11.5 Å². The molecule has 0 fully saturated rings. The minimum Gasteiger partial charge on any atom is -0.490 e. The van der Waals surface area contributed by atoms with Crippen molar-refractivity contribution >= 4 is 17.5 Å². The monoisotopic (exact) mass is 339 g/mol. The number of benzene rings is 1. The molecule has 1 N–H and O–H groups in total. The molecular weight excluding hydrogens is 318 g/mol. The molecule has 7 nitrogen and oxygen atoms in total. The first-order chi connectivity index (χ1) is 11.2. The number of halogens is 1. The molecule has 8 heteroatoms. The first kappa shape index (κ1) is 17.3. The maximum absolute atomic E-state index is 6.35. The molecule has 0 unspecified atom stereocenters. The van der Waals surface area contributed by atoms with Crippen molar-refractivity contribution in [2.24, 2.45) is 0 Å². The molecule has 1 aromatic heterocycles. The molecule has 0 saturated carbocycles. The number of hydrogen-bond acceptors (Lipinski definition) is 6. The van der Waals surface area contributed by atoms with E-state index in [0.717, 1.165) is 12.0 Å². The summed E-state index contributed by atoms with van der Waals surface area (Å²) in [6.07, 6.45) is 0.908. The van der Waals surface area contributed by atoms with Crippen LogP contribution in [0.25, 0.3) is 0 Å². The minimum absolute atomic E-state index is 0.536. The topological polar surface area (TPSA) is 74.1 Å². The Morgan fingerprint density at radius 1 is 1.22 bits per heavy atom. The Morgan fingerprint density at radius 3 is 2.74 bits per heavy atom. The summed E-state index contributed by atoms with van der Waals surface area (Å²) in [6.45, 7) is 8.33. The number of nitrogens with one attached hydrogen (secondary N) is 1. The Hall–Kier alpha value is -2.02. The average molecular weight is 340 g/mol. The molecule has 1 aromatic carbocycles. The van der Waals surface area contributed by atoms with Crippen LogP contribution in [0.4, 0.5) is 5.95 Å². The van der Waals surface area contributed by atoms with E-state index in [9.17, 15) is 0 Å². The number of hydrogen-bond donors (Lipinski definition) is 1. The van der Waals surface area contributed by atoms with Crippen LogP contribution in [0, 0.1) is 0 Å². The van der Waals surface area contributed by atoms with Crippen LogP contribution < -0.4 is 14.8 Å². The van der Waals surface area contributed by atoms with Crippen molar-refractivity contribution in [3.05, 3.63) is 22.7 Å². The molecule has 0 amide bonds. The number of nitrogens with zero attached hydrogens (tertiary/aromatic N) is 4. The van der Waals surface area contributed by atoms with Gasteiger partial charge in [-0.2, -0.15) is 0 Å². The summed E-state index contributed by atoms with van der Waals surface area (Å²) in [5, 5.41) is 15.2. The second kappa shape index (κ2) is 8.57. The Bertz CT molecular complexity index is 632. The Morgan fingerprint density at radius 2 is 2.04 bits per heavy atom. The second-order valence-electron chi connectivity index (χ2n) is 4.86. The van der Waals surface area contributed by atoms with E-state index in [4.69, 9.17) is 21.1 Å². The van der Waals surface area contributed by atoms with Crippen LogP contribution in [0.3, 0.4) is 0 Å². The van der Waals surface area contributed by atoms with Crippen molar-refractivity contribution in [1.29, 1.82) is 0 Å². The Balaban J connectivity index is 2.15. The van der Waals surface area contributed by atoms with Crippen LogP contribution in [0.15, 0.2) is 12.1 Å². The van der Waals surface area contributed by atoms with Gasteiger partial charge in [0.25, 0.3) is 0 Å². The molecule has 0 saturated heterocycles. The van der Waals surface area contributed by atoms with Crippen molar-refractivity contribution in [3.8, 4) is 11.5 Å². The van der Waals surface area contributed by atoms with Gasteiger partial charge in [-0.05, 0) is 48.4 Å². The van der Waals surface area contributed by atoms with Gasteiger partial charge in [0.15, 0.2) is 11.5 Å². The summed E-state index contributed by atoms with van der Waals surface area (Å²) >= 11 is 6.35. The van der Waals surface area contributed by atoms with Crippen molar-refractivity contribution in [1.82, 2.24) is 20.2 Å². The lowest BCUT2D eigenvalue weighted by Crippen LogP contribution is -2.08. The van der Waals surface area contributed by atoms with E-state index in [-0.39, 0.29) is 0 Å². The highest BCUT2D eigenvalue weighted by Gasteiger charge is 2.13. The first-order valence-electron chi connectivity index (χ1n) is 7.77. The lowest BCUT2D eigenvalue weighted by molar-refractivity contribution is 0.277. The predicted octanol–water partition coefficient (Wildman–Crippen LogP) is 3.15. The van der Waals surface area contributed by atoms with E-state index in [1.807, 2.05) is 32.9 Å². The van der Waals surface area contributed by atoms with Gasteiger partial charge >= 0.3 is 0 Å². The molecule has 0 aliphatic carbocycles. The molecule has 126 valence electrons. The smallest absolute Gasteiger partial charge is 0.243 e. The van der Waals surface area contributed by atoms with Gasteiger partial charge in [-0.15, -0.1) is 0 Å². The number of aromatic nitrogens is 4. The summed E-state index contributed by atoms with van der Waals surface area (Å²) in [7, 11) is 0. The van der Waals surface area contributed by atoms with Crippen molar-refractivity contribution in [2.75, 3.05) is 18.5 Å². The number of tetrazole rings is 1. The third-order valence-corrected chi connectivity index (χ3v) is 3.38. The lowest BCUT2D eigenvalue weighted by atomic mass is 10.2. The van der Waals surface area contributed by atoms with Crippen LogP contribution in [0.1, 0.15) is 32.8 Å². The van der Waals surface area contributed by atoms with E-state index in [0.29, 0.717) is 48.8 Å². The van der Waals surface area contributed by atoms with Crippen molar-refractivity contribution in [2.45, 2.75) is 40.3 Å². The van der Waals surface area contributed by atoms with Gasteiger partial charge in [-0.25, -0.2) is 4.68 Å². The highest BCUT2D eigenvalue weighted by Crippen LogP contribution is 2.37. The second-order valence-corrected chi connectivity index (χ2v) is 5.27. The molecule has 0 atom stereocenters. The van der Waals surface area contributed by atoms with Gasteiger partial charge in [0.2, 0.25) is 5.95 Å². The summed E-state index contributed by atoms with van der Waals surface area (Å²) in [5.41, 5.74) is 0.966. The largest absolute Gasteiger partial charge is 0.490 e. The fourth-order valence-electron chi connectivity index (χ4n) is 2.06. The molecule has 0 radical (unpaired) electrons. The fraction of sp³-hybridized carbons (Fsp3) is 0.533. The Kier molecular flexibility index (Phi) is 6.46. The van der Waals surface area contributed by atoms with Crippen molar-refractivity contribution in [3.63, 3.8) is 0 Å². The molecule has 1 heterocycles. The van der Waals surface area contributed by atoms with Gasteiger partial charge in [0.05, 0.1) is 18.2 Å². The molecule has 0 spiro atoms. The van der Waals surface area contributed by atoms with E-state index in [2.05, 4.69) is 20.8 Å². The third kappa shape index (κ3) is 4.48. The molecule has 2 aromatic rings. The van der Waals surface area contributed by atoms with Gasteiger partial charge in [0.1, 0.15) is 0 Å². The maximum Gasteiger partial charge on any atom is 0.243 e. The number of anilines is 1. The standard InChI is InChI=1S/C15H22ClN5O2/c1-4-7-23-14-12(16)8-11(9-13(14)22-6-3)10-17-15-18-19-20-21(15)5-2/h8-9H,4-7,10H2,1-3H3,(H,17,18,20). The molecule has 0 aliphatic heterocycles. The average Bonchev–Trinajstić information content (AvgIpc) is 3.00. The van der Waals surface area contributed by atoms with Gasteiger partial charge in [0, 0.05) is 13.1 Å². The molecule has 0 aliphatic rings. The SMILES string of the molecule is CCCOc1c(Cl)cc(CNc2nnnn2CC)cc1OCC. The van der Waals surface area contributed by atoms with Crippen LogP contribution in [-0.2, 0) is 13.1 Å². The minimum atomic E-state index is 0.536. The number of ether oxygens (including phenoxy) is 2. The van der Waals surface area contributed by atoms with Crippen LogP contribution in [0.2, 0.25) is 5.02 Å². The van der Waals surface area contributed by atoms with Gasteiger partial charge < -0.3 is 14.8 Å². The molecular formula is C15H22ClN5O2.